The van der Waals surface area contributed by atoms with Crippen LogP contribution in [0.3, 0.4) is 0 Å². The van der Waals surface area contributed by atoms with Crippen LogP contribution in [0.25, 0.3) is 11.3 Å². The number of benzene rings is 1. The number of aromatic nitrogens is 1. The maximum Gasteiger partial charge on any atom is 0.132 e. The van der Waals surface area contributed by atoms with Gasteiger partial charge in [0, 0.05) is 5.56 Å². The van der Waals surface area contributed by atoms with Gasteiger partial charge in [-0.2, -0.15) is 0 Å². The van der Waals surface area contributed by atoms with E-state index < -0.39 is 0 Å². The zero-order valence-corrected chi connectivity index (χ0v) is 8.71. The molecule has 0 bridgehead atoms. The molecular formula is C12H9ClFN. The zero-order chi connectivity index (χ0) is 10.7. The van der Waals surface area contributed by atoms with Gasteiger partial charge in [0.15, 0.2) is 0 Å². The smallest absolute Gasteiger partial charge is 0.132 e. The largest absolute Gasteiger partial charge is 0.251 e. The fraction of sp³-hybridized carbons (Fsp3) is 0.0833. The lowest BCUT2D eigenvalue weighted by molar-refractivity contribution is 0.630. The molecule has 15 heavy (non-hydrogen) atoms. The van der Waals surface area contributed by atoms with Gasteiger partial charge >= 0.3 is 0 Å². The van der Waals surface area contributed by atoms with Gasteiger partial charge in [-0.1, -0.05) is 18.2 Å². The molecule has 1 aromatic carbocycles. The van der Waals surface area contributed by atoms with Gasteiger partial charge in [0.05, 0.1) is 17.3 Å². The van der Waals surface area contributed by atoms with Gasteiger partial charge in [-0.15, -0.1) is 11.6 Å². The number of hydrogen-bond acceptors (Lipinski definition) is 1. The van der Waals surface area contributed by atoms with Gasteiger partial charge in [-0.3, -0.25) is 4.98 Å². The summed E-state index contributed by atoms with van der Waals surface area (Å²) in [4.78, 5) is 4.25. The second kappa shape index (κ2) is 4.41. The first-order valence-electron chi connectivity index (χ1n) is 4.58. The van der Waals surface area contributed by atoms with E-state index >= 15 is 0 Å². The van der Waals surface area contributed by atoms with Gasteiger partial charge in [0.2, 0.25) is 0 Å². The molecule has 3 heteroatoms. The van der Waals surface area contributed by atoms with Gasteiger partial charge in [0.1, 0.15) is 5.82 Å². The average molecular weight is 222 g/mol. The highest BCUT2D eigenvalue weighted by atomic mass is 35.5. The molecule has 0 amide bonds. The Bertz CT molecular complexity index is 471. The Labute approximate surface area is 92.5 Å². The van der Waals surface area contributed by atoms with Crippen molar-refractivity contribution in [2.75, 3.05) is 0 Å². The second-order valence-electron chi connectivity index (χ2n) is 3.13. The Morgan fingerprint density at radius 3 is 2.60 bits per heavy atom. The molecule has 0 spiro atoms. The van der Waals surface area contributed by atoms with E-state index in [0.717, 1.165) is 5.69 Å². The molecule has 0 N–H and O–H groups in total. The summed E-state index contributed by atoms with van der Waals surface area (Å²) < 4.78 is 13.4. The van der Waals surface area contributed by atoms with Crippen LogP contribution in [0.1, 0.15) is 5.69 Å². The summed E-state index contributed by atoms with van der Waals surface area (Å²) >= 11 is 5.67. The lowest BCUT2D eigenvalue weighted by atomic mass is 10.1. The van der Waals surface area contributed by atoms with E-state index in [2.05, 4.69) is 4.98 Å². The van der Waals surface area contributed by atoms with Crippen LogP contribution in [0, 0.1) is 5.82 Å². The van der Waals surface area contributed by atoms with Gasteiger partial charge < -0.3 is 0 Å². The van der Waals surface area contributed by atoms with Crippen LogP contribution in [0.15, 0.2) is 42.5 Å². The van der Waals surface area contributed by atoms with Crippen LogP contribution in [0.4, 0.5) is 4.39 Å². The average Bonchev–Trinajstić information content (AvgIpc) is 2.30. The van der Waals surface area contributed by atoms with Crippen molar-refractivity contribution in [2.45, 2.75) is 5.88 Å². The zero-order valence-electron chi connectivity index (χ0n) is 7.95. The van der Waals surface area contributed by atoms with E-state index in [9.17, 15) is 4.39 Å². The molecule has 2 rings (SSSR count). The van der Waals surface area contributed by atoms with E-state index in [1.165, 1.54) is 6.07 Å². The second-order valence-corrected chi connectivity index (χ2v) is 3.39. The Morgan fingerprint density at radius 1 is 1.07 bits per heavy atom. The monoisotopic (exact) mass is 221 g/mol. The van der Waals surface area contributed by atoms with E-state index in [-0.39, 0.29) is 5.82 Å². The molecule has 0 aliphatic heterocycles. The number of alkyl halides is 1. The predicted molar refractivity (Wildman–Crippen MR) is 59.2 cm³/mol. The lowest BCUT2D eigenvalue weighted by Crippen LogP contribution is -1.90. The standard InChI is InChI=1S/C12H9ClFN/c13-8-9-4-3-7-12(15-9)10-5-1-2-6-11(10)14/h1-7H,8H2. The minimum Gasteiger partial charge on any atom is -0.251 e. The van der Waals surface area contributed by atoms with Crippen LogP contribution in [-0.4, -0.2) is 4.98 Å². The molecule has 2 aromatic rings. The third kappa shape index (κ3) is 2.16. The summed E-state index contributed by atoms with van der Waals surface area (Å²) in [6.07, 6.45) is 0. The van der Waals surface area contributed by atoms with Crippen LogP contribution >= 0.6 is 11.6 Å². The maximum atomic E-state index is 13.4. The molecule has 0 aliphatic carbocycles. The summed E-state index contributed by atoms with van der Waals surface area (Å²) in [6, 6.07) is 12.0. The van der Waals surface area contributed by atoms with Crippen LogP contribution in [-0.2, 0) is 5.88 Å². The van der Waals surface area contributed by atoms with Crippen molar-refractivity contribution in [3.8, 4) is 11.3 Å². The summed E-state index contributed by atoms with van der Waals surface area (Å²) in [5.41, 5.74) is 1.87. The van der Waals surface area contributed by atoms with E-state index in [4.69, 9.17) is 11.6 Å². The molecule has 0 atom stereocenters. The SMILES string of the molecule is Fc1ccccc1-c1cccc(CCl)n1. The van der Waals surface area contributed by atoms with Crippen molar-refractivity contribution in [3.05, 3.63) is 54.0 Å². The number of hydrogen-bond donors (Lipinski definition) is 0. The van der Waals surface area contributed by atoms with Gasteiger partial charge in [-0.25, -0.2) is 4.39 Å². The van der Waals surface area contributed by atoms with Crippen molar-refractivity contribution in [3.63, 3.8) is 0 Å². The molecule has 0 saturated heterocycles. The van der Waals surface area contributed by atoms with Gasteiger partial charge in [0.25, 0.3) is 0 Å². The molecule has 0 aliphatic rings. The first-order valence-corrected chi connectivity index (χ1v) is 5.11. The maximum absolute atomic E-state index is 13.4. The molecule has 0 unspecified atom stereocenters. The van der Waals surface area contributed by atoms with E-state index in [0.29, 0.717) is 17.1 Å². The van der Waals surface area contributed by atoms with E-state index in [1.54, 1.807) is 24.3 Å². The molecule has 1 aromatic heterocycles. The number of nitrogens with zero attached hydrogens (tertiary/aromatic N) is 1. The first-order chi connectivity index (χ1) is 7.31. The van der Waals surface area contributed by atoms with Crippen molar-refractivity contribution < 1.29 is 4.39 Å². The molecule has 1 heterocycles. The van der Waals surface area contributed by atoms with Crippen molar-refractivity contribution in [1.29, 1.82) is 0 Å². The van der Waals surface area contributed by atoms with Gasteiger partial charge in [-0.05, 0) is 24.3 Å². The third-order valence-corrected chi connectivity index (χ3v) is 2.37. The Kier molecular flexibility index (Phi) is 2.97. The molecule has 0 saturated carbocycles. The Morgan fingerprint density at radius 2 is 1.87 bits per heavy atom. The summed E-state index contributed by atoms with van der Waals surface area (Å²) in [7, 11) is 0. The molecule has 0 radical (unpaired) electrons. The van der Waals surface area contributed by atoms with Crippen LogP contribution < -0.4 is 0 Å². The quantitative estimate of drug-likeness (QED) is 0.706. The summed E-state index contributed by atoms with van der Waals surface area (Å²) in [5, 5.41) is 0. The number of pyridine rings is 1. The van der Waals surface area contributed by atoms with Crippen molar-refractivity contribution in [2.24, 2.45) is 0 Å². The minimum absolute atomic E-state index is 0.267. The fourth-order valence-electron chi connectivity index (χ4n) is 1.37. The van der Waals surface area contributed by atoms with E-state index in [1.807, 2.05) is 12.1 Å². The van der Waals surface area contributed by atoms with Crippen LogP contribution in [0.5, 0.6) is 0 Å². The normalized spacial score (nSPS) is 10.3. The highest BCUT2D eigenvalue weighted by Gasteiger charge is 2.05. The molecule has 76 valence electrons. The minimum atomic E-state index is -0.267. The predicted octanol–water partition coefficient (Wildman–Crippen LogP) is 3.63. The molecule has 0 fully saturated rings. The highest BCUT2D eigenvalue weighted by molar-refractivity contribution is 6.16. The fourth-order valence-corrected chi connectivity index (χ4v) is 1.52. The van der Waals surface area contributed by atoms with Crippen LogP contribution in [0.2, 0.25) is 0 Å². The topological polar surface area (TPSA) is 12.9 Å². The summed E-state index contributed by atoms with van der Waals surface area (Å²) in [6.45, 7) is 0. The third-order valence-electron chi connectivity index (χ3n) is 2.09. The number of halogens is 2. The molecule has 1 nitrogen and oxygen atoms in total. The molecular weight excluding hydrogens is 213 g/mol. The van der Waals surface area contributed by atoms with Crippen molar-refractivity contribution in [1.82, 2.24) is 4.98 Å². The Hall–Kier alpha value is -1.41. The highest BCUT2D eigenvalue weighted by Crippen LogP contribution is 2.20. The lowest BCUT2D eigenvalue weighted by Gasteiger charge is -2.03. The summed E-state index contributed by atoms with van der Waals surface area (Å²) in [5.74, 6) is 0.0687. The first kappa shape index (κ1) is 10.1. The number of rotatable bonds is 2. The van der Waals surface area contributed by atoms with Crippen molar-refractivity contribution >= 4 is 11.6 Å². The Balaban J connectivity index is 2.49.